The van der Waals surface area contributed by atoms with E-state index in [0.717, 1.165) is 0 Å². The Labute approximate surface area is 125 Å². The first-order chi connectivity index (χ1) is 9.56. The minimum Gasteiger partial charge on any atom is -0.332 e. The maximum Gasteiger partial charge on any atom is 0.260 e. The van der Waals surface area contributed by atoms with E-state index in [1.165, 1.54) is 18.2 Å². The second-order valence-electron chi connectivity index (χ2n) is 3.89. The van der Waals surface area contributed by atoms with Crippen molar-refractivity contribution < 1.29 is 9.18 Å². The van der Waals surface area contributed by atoms with Crippen LogP contribution in [0.2, 0.25) is 5.02 Å². The van der Waals surface area contributed by atoms with Gasteiger partial charge in [-0.15, -0.1) is 0 Å². The molecule has 102 valence electrons. The van der Waals surface area contributed by atoms with Crippen molar-refractivity contribution in [1.29, 1.82) is 0 Å². The third kappa shape index (κ3) is 3.76. The minimum absolute atomic E-state index is 0.0623. The summed E-state index contributed by atoms with van der Waals surface area (Å²) in [4.78, 5) is 11.8. The van der Waals surface area contributed by atoms with Gasteiger partial charge in [-0.1, -0.05) is 23.7 Å². The summed E-state index contributed by atoms with van der Waals surface area (Å²) in [7, 11) is 0. The van der Waals surface area contributed by atoms with Crippen molar-refractivity contribution in [3.63, 3.8) is 0 Å². The monoisotopic (exact) mass is 308 g/mol. The molecule has 2 rings (SSSR count). The number of halogens is 2. The fourth-order valence-electron chi connectivity index (χ4n) is 1.51. The molecular weight excluding hydrogens is 299 g/mol. The average Bonchev–Trinajstić information content (AvgIpc) is 2.41. The highest BCUT2D eigenvalue weighted by atomic mass is 35.5. The van der Waals surface area contributed by atoms with Crippen molar-refractivity contribution >= 4 is 40.5 Å². The molecule has 1 amide bonds. The summed E-state index contributed by atoms with van der Waals surface area (Å²) in [5.74, 6) is -1.20. The van der Waals surface area contributed by atoms with Gasteiger partial charge in [0.15, 0.2) is 5.11 Å². The van der Waals surface area contributed by atoms with Gasteiger partial charge in [-0.3, -0.25) is 10.1 Å². The molecule has 0 atom stereocenters. The second-order valence-corrected chi connectivity index (χ2v) is 4.74. The van der Waals surface area contributed by atoms with E-state index in [9.17, 15) is 9.18 Å². The van der Waals surface area contributed by atoms with Gasteiger partial charge in [0.05, 0.1) is 5.56 Å². The molecule has 0 radical (unpaired) electrons. The molecule has 0 fully saturated rings. The Morgan fingerprint density at radius 2 is 1.75 bits per heavy atom. The van der Waals surface area contributed by atoms with E-state index in [1.54, 1.807) is 30.3 Å². The van der Waals surface area contributed by atoms with Crippen LogP contribution in [0.5, 0.6) is 0 Å². The van der Waals surface area contributed by atoms with Gasteiger partial charge in [-0.05, 0) is 48.6 Å². The van der Waals surface area contributed by atoms with E-state index in [-0.39, 0.29) is 10.7 Å². The quantitative estimate of drug-likeness (QED) is 0.833. The Morgan fingerprint density at radius 1 is 1.10 bits per heavy atom. The highest BCUT2D eigenvalue weighted by Gasteiger charge is 2.12. The number of hydrogen-bond acceptors (Lipinski definition) is 2. The van der Waals surface area contributed by atoms with Crippen LogP contribution in [0.1, 0.15) is 10.4 Å². The molecule has 2 N–H and O–H groups in total. The lowest BCUT2D eigenvalue weighted by atomic mass is 10.2. The number of amides is 1. The van der Waals surface area contributed by atoms with Crippen LogP contribution in [0, 0.1) is 5.82 Å². The van der Waals surface area contributed by atoms with Gasteiger partial charge < -0.3 is 5.32 Å². The lowest BCUT2D eigenvalue weighted by Gasteiger charge is -2.09. The number of rotatable bonds is 2. The van der Waals surface area contributed by atoms with Crippen LogP contribution in [0.15, 0.2) is 48.5 Å². The summed E-state index contributed by atoms with van der Waals surface area (Å²) in [5, 5.41) is 5.89. The average molecular weight is 309 g/mol. The van der Waals surface area contributed by atoms with Crippen molar-refractivity contribution in [2.75, 3.05) is 5.32 Å². The van der Waals surface area contributed by atoms with E-state index in [4.69, 9.17) is 23.8 Å². The molecule has 0 spiro atoms. The minimum atomic E-state index is -0.602. The number of carbonyl (C=O) groups is 1. The first-order valence-electron chi connectivity index (χ1n) is 5.68. The molecule has 0 bridgehead atoms. The Kier molecular flexibility index (Phi) is 4.65. The third-order valence-electron chi connectivity index (χ3n) is 2.45. The zero-order chi connectivity index (χ0) is 14.5. The fraction of sp³-hybridized carbons (Fsp3) is 0. The SMILES string of the molecule is O=C(NC(=S)Nc1ccc(Cl)cc1)c1ccccc1F. The molecule has 2 aromatic carbocycles. The van der Waals surface area contributed by atoms with Crippen LogP contribution in [-0.2, 0) is 0 Å². The van der Waals surface area contributed by atoms with Crippen molar-refractivity contribution in [1.82, 2.24) is 5.32 Å². The molecule has 0 saturated carbocycles. The van der Waals surface area contributed by atoms with Gasteiger partial charge in [-0.2, -0.15) is 0 Å². The normalized spacial score (nSPS) is 9.90. The summed E-state index contributed by atoms with van der Waals surface area (Å²) in [6.07, 6.45) is 0. The zero-order valence-corrected chi connectivity index (χ0v) is 11.8. The van der Waals surface area contributed by atoms with Crippen molar-refractivity contribution in [3.8, 4) is 0 Å². The molecule has 20 heavy (non-hydrogen) atoms. The number of benzene rings is 2. The number of nitrogens with one attached hydrogen (secondary N) is 2. The van der Waals surface area contributed by atoms with Gasteiger partial charge in [0.2, 0.25) is 0 Å². The zero-order valence-electron chi connectivity index (χ0n) is 10.2. The summed E-state index contributed by atoms with van der Waals surface area (Å²) in [6.45, 7) is 0. The van der Waals surface area contributed by atoms with E-state index in [1.807, 2.05) is 0 Å². The van der Waals surface area contributed by atoms with Crippen molar-refractivity contribution in [3.05, 3.63) is 64.9 Å². The summed E-state index contributed by atoms with van der Waals surface area (Å²) >= 11 is 10.7. The number of anilines is 1. The third-order valence-corrected chi connectivity index (χ3v) is 2.90. The van der Waals surface area contributed by atoms with Gasteiger partial charge in [0, 0.05) is 10.7 Å². The lowest BCUT2D eigenvalue weighted by Crippen LogP contribution is -2.34. The van der Waals surface area contributed by atoms with E-state index < -0.39 is 11.7 Å². The van der Waals surface area contributed by atoms with Gasteiger partial charge in [-0.25, -0.2) is 4.39 Å². The molecule has 0 aromatic heterocycles. The number of hydrogen-bond donors (Lipinski definition) is 2. The first-order valence-corrected chi connectivity index (χ1v) is 6.47. The number of thiocarbonyl (C=S) groups is 1. The standard InChI is InChI=1S/C14H10ClFN2OS/c15-9-5-7-10(8-6-9)17-14(20)18-13(19)11-3-1-2-4-12(11)16/h1-8H,(H2,17,18,19,20). The van der Waals surface area contributed by atoms with Crippen LogP contribution in [0.25, 0.3) is 0 Å². The van der Waals surface area contributed by atoms with E-state index in [0.29, 0.717) is 10.7 Å². The molecule has 0 aliphatic rings. The van der Waals surface area contributed by atoms with Crippen LogP contribution in [0.4, 0.5) is 10.1 Å². The van der Waals surface area contributed by atoms with Crippen LogP contribution >= 0.6 is 23.8 Å². The van der Waals surface area contributed by atoms with Gasteiger partial charge in [0.25, 0.3) is 5.91 Å². The van der Waals surface area contributed by atoms with Crippen molar-refractivity contribution in [2.45, 2.75) is 0 Å². The summed E-state index contributed by atoms with van der Waals surface area (Å²) in [6, 6.07) is 12.5. The Balaban J connectivity index is 2.00. The van der Waals surface area contributed by atoms with Crippen LogP contribution in [0.3, 0.4) is 0 Å². The fourth-order valence-corrected chi connectivity index (χ4v) is 1.85. The highest BCUT2D eigenvalue weighted by molar-refractivity contribution is 7.80. The van der Waals surface area contributed by atoms with E-state index in [2.05, 4.69) is 10.6 Å². The predicted molar refractivity (Wildman–Crippen MR) is 81.5 cm³/mol. The topological polar surface area (TPSA) is 41.1 Å². The maximum absolute atomic E-state index is 13.4. The second kappa shape index (κ2) is 6.45. The Morgan fingerprint density at radius 3 is 2.40 bits per heavy atom. The first kappa shape index (κ1) is 14.4. The molecule has 3 nitrogen and oxygen atoms in total. The Bertz CT molecular complexity index is 646. The van der Waals surface area contributed by atoms with Crippen LogP contribution in [-0.4, -0.2) is 11.0 Å². The maximum atomic E-state index is 13.4. The van der Waals surface area contributed by atoms with Gasteiger partial charge in [0.1, 0.15) is 5.82 Å². The lowest BCUT2D eigenvalue weighted by molar-refractivity contribution is 0.0974. The summed E-state index contributed by atoms with van der Waals surface area (Å²) in [5.41, 5.74) is 0.612. The molecular formula is C14H10ClFN2OS. The summed E-state index contributed by atoms with van der Waals surface area (Å²) < 4.78 is 13.4. The molecule has 0 aliphatic carbocycles. The molecule has 0 heterocycles. The van der Waals surface area contributed by atoms with E-state index >= 15 is 0 Å². The Hall–Kier alpha value is -1.98. The van der Waals surface area contributed by atoms with Crippen LogP contribution < -0.4 is 10.6 Å². The molecule has 0 unspecified atom stereocenters. The van der Waals surface area contributed by atoms with Crippen molar-refractivity contribution in [2.24, 2.45) is 0 Å². The van der Waals surface area contributed by atoms with Gasteiger partial charge >= 0.3 is 0 Å². The molecule has 0 aliphatic heterocycles. The molecule has 6 heteroatoms. The largest absolute Gasteiger partial charge is 0.332 e. The smallest absolute Gasteiger partial charge is 0.260 e. The molecule has 0 saturated heterocycles. The number of carbonyl (C=O) groups excluding carboxylic acids is 1. The highest BCUT2D eigenvalue weighted by Crippen LogP contribution is 2.13. The predicted octanol–water partition coefficient (Wildman–Crippen LogP) is 3.61. The molecule has 2 aromatic rings.